The number of rotatable bonds is 0. The summed E-state index contributed by atoms with van der Waals surface area (Å²) in [4.78, 5) is 0. The van der Waals surface area contributed by atoms with E-state index in [1.807, 2.05) is 6.08 Å². The van der Waals surface area contributed by atoms with Crippen molar-refractivity contribution in [2.45, 2.75) is 19.3 Å². The van der Waals surface area contributed by atoms with Crippen LogP contribution in [0.1, 0.15) is 19.3 Å². The van der Waals surface area contributed by atoms with E-state index in [1.54, 1.807) is 6.08 Å². The van der Waals surface area contributed by atoms with Crippen LogP contribution in [0.4, 0.5) is 4.39 Å². The number of hydrogen-bond acceptors (Lipinski definition) is 1. The second-order valence-electron chi connectivity index (χ2n) is 3.50. The summed E-state index contributed by atoms with van der Waals surface area (Å²) < 4.78 is 13.1. The molecule has 0 fully saturated rings. The maximum absolute atomic E-state index is 13.1. The van der Waals surface area contributed by atoms with Crippen LogP contribution in [0.5, 0.6) is 0 Å². The maximum Gasteiger partial charge on any atom is 0.119 e. The van der Waals surface area contributed by atoms with Crippen LogP contribution in [-0.4, -0.2) is 6.54 Å². The Balaban J connectivity index is 2.21. The van der Waals surface area contributed by atoms with Crippen molar-refractivity contribution in [3.8, 4) is 0 Å². The highest BCUT2D eigenvalue weighted by atomic mass is 19.1. The summed E-state index contributed by atoms with van der Waals surface area (Å²) in [6.45, 7) is 0.699. The molecule has 0 aromatic heterocycles. The first kappa shape index (κ1) is 9.25. The number of hydrogen-bond donors (Lipinski definition) is 1. The van der Waals surface area contributed by atoms with Gasteiger partial charge in [0.25, 0.3) is 0 Å². The molecule has 0 aromatic carbocycles. The molecule has 0 unspecified atom stereocenters. The summed E-state index contributed by atoms with van der Waals surface area (Å²) >= 11 is 0. The van der Waals surface area contributed by atoms with E-state index in [2.05, 4.69) is 17.5 Å². The van der Waals surface area contributed by atoms with Crippen molar-refractivity contribution in [1.82, 2.24) is 5.32 Å². The number of halogens is 1. The molecule has 0 spiro atoms. The lowest BCUT2D eigenvalue weighted by Gasteiger charge is -2.15. The molecule has 0 saturated carbocycles. The molecule has 2 heteroatoms. The molecule has 0 bridgehead atoms. The molecule has 1 nitrogen and oxygen atoms in total. The molecule has 0 radical (unpaired) electrons. The molecule has 1 N–H and O–H groups in total. The highest BCUT2D eigenvalue weighted by Gasteiger charge is 2.08. The molecular weight excluding hydrogens is 177 g/mol. The van der Waals surface area contributed by atoms with Crippen molar-refractivity contribution in [3.63, 3.8) is 0 Å². The van der Waals surface area contributed by atoms with Gasteiger partial charge >= 0.3 is 0 Å². The molecule has 0 amide bonds. The summed E-state index contributed by atoms with van der Waals surface area (Å²) in [6, 6.07) is 0. The Kier molecular flexibility index (Phi) is 2.82. The Hall–Kier alpha value is -1.31. The van der Waals surface area contributed by atoms with Gasteiger partial charge in [-0.2, -0.15) is 0 Å². The molecule has 14 heavy (non-hydrogen) atoms. The molecule has 74 valence electrons. The van der Waals surface area contributed by atoms with Crippen molar-refractivity contribution >= 4 is 0 Å². The fourth-order valence-electron chi connectivity index (χ4n) is 1.72. The minimum Gasteiger partial charge on any atom is -0.382 e. The van der Waals surface area contributed by atoms with Crippen molar-refractivity contribution in [2.75, 3.05) is 6.54 Å². The van der Waals surface area contributed by atoms with E-state index in [-0.39, 0.29) is 5.83 Å². The third kappa shape index (κ3) is 2.13. The van der Waals surface area contributed by atoms with Crippen LogP contribution in [0.3, 0.4) is 0 Å². The van der Waals surface area contributed by atoms with Gasteiger partial charge in [-0.25, -0.2) is 4.39 Å². The first-order valence-corrected chi connectivity index (χ1v) is 5.02. The van der Waals surface area contributed by atoms with Crippen LogP contribution in [-0.2, 0) is 0 Å². The first-order valence-electron chi connectivity index (χ1n) is 5.02. The first-order chi connectivity index (χ1) is 6.86. The smallest absolute Gasteiger partial charge is 0.119 e. The molecule has 1 aliphatic carbocycles. The summed E-state index contributed by atoms with van der Waals surface area (Å²) in [5.74, 6) is -0.139. The zero-order chi connectivity index (χ0) is 9.80. The Morgan fingerprint density at radius 3 is 2.93 bits per heavy atom. The van der Waals surface area contributed by atoms with Crippen molar-refractivity contribution in [1.29, 1.82) is 0 Å². The molecule has 2 rings (SSSR count). The van der Waals surface area contributed by atoms with Crippen molar-refractivity contribution < 1.29 is 4.39 Å². The van der Waals surface area contributed by atoms with Crippen LogP contribution < -0.4 is 5.32 Å². The predicted octanol–water partition coefficient (Wildman–Crippen LogP) is 2.99. The molecule has 0 atom stereocenters. The lowest BCUT2D eigenvalue weighted by Crippen LogP contribution is -2.15. The van der Waals surface area contributed by atoms with Crippen LogP contribution in [0.25, 0.3) is 0 Å². The summed E-state index contributed by atoms with van der Waals surface area (Å²) in [6.07, 6.45) is 12.2. The van der Waals surface area contributed by atoms with Crippen LogP contribution in [0.15, 0.2) is 47.5 Å². The highest BCUT2D eigenvalue weighted by molar-refractivity contribution is 5.35. The largest absolute Gasteiger partial charge is 0.382 e. The van der Waals surface area contributed by atoms with Gasteiger partial charge in [-0.15, -0.1) is 0 Å². The zero-order valence-electron chi connectivity index (χ0n) is 8.09. The van der Waals surface area contributed by atoms with Gasteiger partial charge in [0.1, 0.15) is 5.83 Å². The summed E-state index contributed by atoms with van der Waals surface area (Å²) in [5, 5.41) is 3.29. The van der Waals surface area contributed by atoms with E-state index in [0.29, 0.717) is 13.0 Å². The standard InChI is InChI=1S/C12H14FN/c13-11-5-3-9-14-12-6-2-1-4-10(12)7-8-11/h3-6,8,14H,1-2,7,9H2. The summed E-state index contributed by atoms with van der Waals surface area (Å²) in [5.41, 5.74) is 2.39. The maximum atomic E-state index is 13.1. The normalized spacial score (nSPS) is 21.6. The van der Waals surface area contributed by atoms with Gasteiger partial charge in [-0.05, 0) is 37.0 Å². The summed E-state index contributed by atoms with van der Waals surface area (Å²) in [7, 11) is 0. The SMILES string of the molecule is FC1=CCC2=CCCC=C2NCC=C1. The van der Waals surface area contributed by atoms with E-state index in [0.717, 1.165) is 12.8 Å². The van der Waals surface area contributed by atoms with Gasteiger partial charge in [0.2, 0.25) is 0 Å². The lowest BCUT2D eigenvalue weighted by molar-refractivity contribution is 0.662. The van der Waals surface area contributed by atoms with Gasteiger partial charge in [-0.1, -0.05) is 18.2 Å². The average molecular weight is 191 g/mol. The van der Waals surface area contributed by atoms with Gasteiger partial charge in [-0.3, -0.25) is 0 Å². The third-order valence-electron chi connectivity index (χ3n) is 2.46. The molecule has 1 aliphatic heterocycles. The van der Waals surface area contributed by atoms with Crippen molar-refractivity contribution in [3.05, 3.63) is 47.5 Å². The molecule has 2 aliphatic rings. The van der Waals surface area contributed by atoms with E-state index in [9.17, 15) is 4.39 Å². The predicted molar refractivity (Wildman–Crippen MR) is 56.4 cm³/mol. The topological polar surface area (TPSA) is 12.0 Å². The van der Waals surface area contributed by atoms with Gasteiger partial charge in [0, 0.05) is 12.2 Å². The van der Waals surface area contributed by atoms with Crippen LogP contribution in [0.2, 0.25) is 0 Å². The molecular formula is C12H14FN. The molecule has 1 heterocycles. The lowest BCUT2D eigenvalue weighted by atomic mass is 10.0. The monoisotopic (exact) mass is 191 g/mol. The Morgan fingerprint density at radius 2 is 2.00 bits per heavy atom. The minimum absolute atomic E-state index is 0.139. The minimum atomic E-state index is -0.139. The van der Waals surface area contributed by atoms with Gasteiger partial charge < -0.3 is 5.32 Å². The third-order valence-corrected chi connectivity index (χ3v) is 2.46. The van der Waals surface area contributed by atoms with Gasteiger partial charge in [0.15, 0.2) is 0 Å². The van der Waals surface area contributed by atoms with E-state index in [4.69, 9.17) is 0 Å². The second-order valence-corrected chi connectivity index (χ2v) is 3.50. The highest BCUT2D eigenvalue weighted by Crippen LogP contribution is 2.21. The molecule has 0 saturated heterocycles. The van der Waals surface area contributed by atoms with E-state index < -0.39 is 0 Å². The quantitative estimate of drug-likeness (QED) is 0.620. The van der Waals surface area contributed by atoms with E-state index >= 15 is 0 Å². The van der Waals surface area contributed by atoms with Crippen LogP contribution in [0, 0.1) is 0 Å². The Labute approximate surface area is 83.7 Å². The van der Waals surface area contributed by atoms with Gasteiger partial charge in [0.05, 0.1) is 0 Å². The molecule has 0 aromatic rings. The number of fused-ring (bicyclic) bond motifs is 1. The number of nitrogens with one attached hydrogen (secondary N) is 1. The zero-order valence-corrected chi connectivity index (χ0v) is 8.09. The average Bonchev–Trinajstić information content (AvgIpc) is 2.30. The van der Waals surface area contributed by atoms with Crippen molar-refractivity contribution in [2.24, 2.45) is 0 Å². The Morgan fingerprint density at radius 1 is 1.14 bits per heavy atom. The fourth-order valence-corrected chi connectivity index (χ4v) is 1.72. The van der Waals surface area contributed by atoms with Crippen LogP contribution >= 0.6 is 0 Å². The Bertz CT molecular complexity index is 334. The second kappa shape index (κ2) is 4.27. The van der Waals surface area contributed by atoms with E-state index in [1.165, 1.54) is 17.3 Å². The fraction of sp³-hybridized carbons (Fsp3) is 0.333. The number of allylic oxidation sites excluding steroid dienone is 6.